The zero-order chi connectivity index (χ0) is 13.8. The number of halogens is 2. The van der Waals surface area contributed by atoms with E-state index in [1.54, 1.807) is 6.92 Å². The van der Waals surface area contributed by atoms with Gasteiger partial charge in [0.2, 0.25) is 0 Å². The fourth-order valence-corrected chi connectivity index (χ4v) is 3.11. The predicted octanol–water partition coefficient (Wildman–Crippen LogP) is 4.68. The summed E-state index contributed by atoms with van der Waals surface area (Å²) in [5, 5.41) is -0.173. The van der Waals surface area contributed by atoms with Gasteiger partial charge in [-0.15, -0.1) is 11.6 Å². The molecule has 0 bridgehead atoms. The molecule has 2 aromatic rings. The molecule has 1 saturated carbocycles. The number of nitrogens with zero attached hydrogens (tertiary/aromatic N) is 2. The zero-order valence-electron chi connectivity index (χ0n) is 11.5. The van der Waals surface area contributed by atoms with Gasteiger partial charge >= 0.3 is 0 Å². The van der Waals surface area contributed by atoms with Crippen LogP contribution in [-0.4, -0.2) is 9.55 Å². The SMILES string of the molecule is Cc1cc2c(cc1F)nc(C(C)Cl)n2C1(C)CCC1. The maximum atomic E-state index is 13.7. The van der Waals surface area contributed by atoms with Gasteiger partial charge in [0.05, 0.1) is 16.4 Å². The first-order valence-corrected chi connectivity index (χ1v) is 7.19. The Morgan fingerprint density at radius 1 is 1.42 bits per heavy atom. The van der Waals surface area contributed by atoms with Gasteiger partial charge < -0.3 is 4.57 Å². The lowest BCUT2D eigenvalue weighted by molar-refractivity contribution is 0.169. The standard InChI is InChI=1S/C15H18ClFN2/c1-9-7-13-12(8-11(9)17)18-14(10(2)16)19(13)15(3)5-4-6-15/h7-8,10H,4-6H2,1-3H3. The molecule has 1 heterocycles. The highest BCUT2D eigenvalue weighted by Gasteiger charge is 2.37. The molecule has 0 radical (unpaired) electrons. The van der Waals surface area contributed by atoms with Crippen LogP contribution in [0.2, 0.25) is 0 Å². The van der Waals surface area contributed by atoms with E-state index in [4.69, 9.17) is 11.6 Å². The number of hydrogen-bond donors (Lipinski definition) is 0. The largest absolute Gasteiger partial charge is 0.321 e. The number of imidazole rings is 1. The Hall–Kier alpha value is -1.09. The number of fused-ring (bicyclic) bond motifs is 1. The zero-order valence-corrected chi connectivity index (χ0v) is 12.3. The predicted molar refractivity (Wildman–Crippen MR) is 76.2 cm³/mol. The van der Waals surface area contributed by atoms with Crippen molar-refractivity contribution in [3.8, 4) is 0 Å². The van der Waals surface area contributed by atoms with Crippen LogP contribution in [0.1, 0.15) is 49.9 Å². The molecular weight excluding hydrogens is 263 g/mol. The summed E-state index contributed by atoms with van der Waals surface area (Å²) in [6.07, 6.45) is 3.49. The van der Waals surface area contributed by atoms with Crippen molar-refractivity contribution in [1.29, 1.82) is 0 Å². The van der Waals surface area contributed by atoms with E-state index in [1.165, 1.54) is 12.5 Å². The van der Waals surface area contributed by atoms with Gasteiger partial charge in [0, 0.05) is 11.6 Å². The first-order chi connectivity index (χ1) is 8.92. The van der Waals surface area contributed by atoms with Crippen molar-refractivity contribution in [2.45, 2.75) is 50.9 Å². The Morgan fingerprint density at radius 3 is 2.63 bits per heavy atom. The maximum absolute atomic E-state index is 13.7. The summed E-state index contributed by atoms with van der Waals surface area (Å²) in [5.74, 6) is 0.647. The van der Waals surface area contributed by atoms with E-state index < -0.39 is 0 Å². The van der Waals surface area contributed by atoms with E-state index in [0.29, 0.717) is 11.1 Å². The molecule has 0 spiro atoms. The second kappa shape index (κ2) is 4.20. The minimum absolute atomic E-state index is 0.0809. The van der Waals surface area contributed by atoms with E-state index in [0.717, 1.165) is 24.2 Å². The van der Waals surface area contributed by atoms with Gasteiger partial charge in [0.1, 0.15) is 11.6 Å². The summed E-state index contributed by atoms with van der Waals surface area (Å²) in [5.41, 5.74) is 2.45. The van der Waals surface area contributed by atoms with Crippen LogP contribution >= 0.6 is 11.6 Å². The van der Waals surface area contributed by atoms with Crippen molar-refractivity contribution >= 4 is 22.6 Å². The van der Waals surface area contributed by atoms with E-state index in [-0.39, 0.29) is 16.7 Å². The lowest BCUT2D eigenvalue weighted by Crippen LogP contribution is -2.38. The highest BCUT2D eigenvalue weighted by atomic mass is 35.5. The molecule has 19 heavy (non-hydrogen) atoms. The molecular formula is C15H18ClFN2. The first-order valence-electron chi connectivity index (χ1n) is 6.75. The van der Waals surface area contributed by atoms with Crippen LogP contribution in [0.3, 0.4) is 0 Å². The molecule has 2 nitrogen and oxygen atoms in total. The van der Waals surface area contributed by atoms with Crippen LogP contribution in [-0.2, 0) is 5.54 Å². The Morgan fingerprint density at radius 2 is 2.11 bits per heavy atom. The average Bonchev–Trinajstić information content (AvgIpc) is 2.66. The smallest absolute Gasteiger partial charge is 0.128 e. The molecule has 1 fully saturated rings. The molecule has 1 aliphatic rings. The monoisotopic (exact) mass is 280 g/mol. The van der Waals surface area contributed by atoms with Crippen molar-refractivity contribution in [3.05, 3.63) is 29.3 Å². The van der Waals surface area contributed by atoms with Crippen LogP contribution in [0.5, 0.6) is 0 Å². The molecule has 1 unspecified atom stereocenters. The molecule has 1 aromatic heterocycles. The number of hydrogen-bond acceptors (Lipinski definition) is 1. The summed E-state index contributed by atoms with van der Waals surface area (Å²) in [6.45, 7) is 5.95. The highest BCUT2D eigenvalue weighted by Crippen LogP contribution is 2.43. The maximum Gasteiger partial charge on any atom is 0.128 e. The molecule has 0 N–H and O–H groups in total. The summed E-state index contributed by atoms with van der Waals surface area (Å²) >= 11 is 6.27. The van der Waals surface area contributed by atoms with E-state index >= 15 is 0 Å². The molecule has 1 atom stereocenters. The summed E-state index contributed by atoms with van der Waals surface area (Å²) < 4.78 is 15.9. The van der Waals surface area contributed by atoms with Crippen molar-refractivity contribution < 1.29 is 4.39 Å². The third kappa shape index (κ3) is 1.86. The van der Waals surface area contributed by atoms with Gasteiger partial charge in [-0.3, -0.25) is 0 Å². The van der Waals surface area contributed by atoms with Gasteiger partial charge in [0.25, 0.3) is 0 Å². The molecule has 0 aliphatic heterocycles. The van der Waals surface area contributed by atoms with Crippen molar-refractivity contribution in [1.82, 2.24) is 9.55 Å². The van der Waals surface area contributed by atoms with Gasteiger partial charge in [-0.05, 0) is 51.7 Å². The molecule has 4 heteroatoms. The van der Waals surface area contributed by atoms with Crippen LogP contribution in [0.15, 0.2) is 12.1 Å². The molecule has 1 aliphatic carbocycles. The Kier molecular flexibility index (Phi) is 2.86. The number of alkyl halides is 1. The number of benzene rings is 1. The number of aromatic nitrogens is 2. The Bertz CT molecular complexity index is 641. The van der Waals surface area contributed by atoms with Gasteiger partial charge in [0.15, 0.2) is 0 Å². The quantitative estimate of drug-likeness (QED) is 0.730. The average molecular weight is 281 g/mol. The van der Waals surface area contributed by atoms with Gasteiger partial charge in [-0.25, -0.2) is 9.37 Å². The fourth-order valence-electron chi connectivity index (χ4n) is 2.97. The molecule has 0 amide bonds. The van der Waals surface area contributed by atoms with E-state index in [1.807, 2.05) is 13.0 Å². The Labute approximate surface area is 117 Å². The van der Waals surface area contributed by atoms with E-state index in [9.17, 15) is 4.39 Å². The molecule has 102 valence electrons. The molecule has 1 aromatic carbocycles. The van der Waals surface area contributed by atoms with Crippen molar-refractivity contribution in [2.24, 2.45) is 0 Å². The van der Waals surface area contributed by atoms with Crippen LogP contribution in [0.25, 0.3) is 11.0 Å². The second-order valence-corrected chi connectivity index (χ2v) is 6.52. The van der Waals surface area contributed by atoms with Crippen molar-refractivity contribution in [3.63, 3.8) is 0 Å². The van der Waals surface area contributed by atoms with Crippen LogP contribution in [0, 0.1) is 12.7 Å². The second-order valence-electron chi connectivity index (χ2n) is 5.86. The third-order valence-electron chi connectivity index (χ3n) is 4.29. The summed E-state index contributed by atoms with van der Waals surface area (Å²) in [6, 6.07) is 3.41. The van der Waals surface area contributed by atoms with E-state index in [2.05, 4.69) is 16.5 Å². The highest BCUT2D eigenvalue weighted by molar-refractivity contribution is 6.20. The molecule has 3 rings (SSSR count). The fraction of sp³-hybridized carbons (Fsp3) is 0.533. The first kappa shape index (κ1) is 12.9. The van der Waals surface area contributed by atoms with Crippen molar-refractivity contribution in [2.75, 3.05) is 0 Å². The minimum Gasteiger partial charge on any atom is -0.321 e. The topological polar surface area (TPSA) is 17.8 Å². The number of rotatable bonds is 2. The third-order valence-corrected chi connectivity index (χ3v) is 4.48. The normalized spacial score (nSPS) is 19.4. The van der Waals surface area contributed by atoms with Gasteiger partial charge in [-0.2, -0.15) is 0 Å². The van der Waals surface area contributed by atoms with Gasteiger partial charge in [-0.1, -0.05) is 0 Å². The van der Waals surface area contributed by atoms with Crippen LogP contribution in [0.4, 0.5) is 4.39 Å². The lowest BCUT2D eigenvalue weighted by atomic mass is 9.78. The minimum atomic E-state index is -0.204. The molecule has 0 saturated heterocycles. The summed E-state index contributed by atoms with van der Waals surface area (Å²) in [4.78, 5) is 4.55. The lowest BCUT2D eigenvalue weighted by Gasteiger charge is -2.41. The number of aryl methyl sites for hydroxylation is 1. The summed E-state index contributed by atoms with van der Waals surface area (Å²) in [7, 11) is 0. The Balaban J connectivity index is 2.32. The van der Waals surface area contributed by atoms with Crippen LogP contribution < -0.4 is 0 Å².